The largest absolute Gasteiger partial charge is 0.385 e. The van der Waals surface area contributed by atoms with Crippen molar-refractivity contribution in [2.45, 2.75) is 33.6 Å². The van der Waals surface area contributed by atoms with Gasteiger partial charge >= 0.3 is 0 Å². The van der Waals surface area contributed by atoms with Gasteiger partial charge in [0, 0.05) is 17.3 Å². The van der Waals surface area contributed by atoms with Crippen molar-refractivity contribution in [3.05, 3.63) is 38.5 Å². The molecule has 0 saturated heterocycles. The third kappa shape index (κ3) is 4.43. The van der Waals surface area contributed by atoms with Crippen LogP contribution in [0.2, 0.25) is 0 Å². The SMILES string of the molecule is COCCCC(=C(C)C)c1cc(I)ccc1C. The number of hydrogen-bond donors (Lipinski definition) is 0. The van der Waals surface area contributed by atoms with Gasteiger partial charge in [-0.2, -0.15) is 0 Å². The Balaban J connectivity index is 2.99. The Morgan fingerprint density at radius 3 is 2.59 bits per heavy atom. The van der Waals surface area contributed by atoms with Crippen molar-refractivity contribution in [1.82, 2.24) is 0 Å². The Bertz CT molecular complexity index is 403. The van der Waals surface area contributed by atoms with Gasteiger partial charge < -0.3 is 4.74 Å². The normalized spacial score (nSPS) is 10.4. The van der Waals surface area contributed by atoms with Crippen molar-refractivity contribution < 1.29 is 4.74 Å². The summed E-state index contributed by atoms with van der Waals surface area (Å²) in [6.07, 6.45) is 2.18. The number of benzene rings is 1. The summed E-state index contributed by atoms with van der Waals surface area (Å²) in [5.74, 6) is 0. The van der Waals surface area contributed by atoms with E-state index in [-0.39, 0.29) is 0 Å². The first-order valence-corrected chi connectivity index (χ1v) is 7.06. The molecule has 0 unspecified atom stereocenters. The molecule has 0 atom stereocenters. The molecule has 0 fully saturated rings. The van der Waals surface area contributed by atoms with Crippen molar-refractivity contribution in [3.63, 3.8) is 0 Å². The monoisotopic (exact) mass is 344 g/mol. The molecule has 0 aromatic heterocycles. The molecule has 0 heterocycles. The average molecular weight is 344 g/mol. The molecular formula is C15H21IO. The molecule has 1 aromatic carbocycles. The van der Waals surface area contributed by atoms with E-state index >= 15 is 0 Å². The minimum Gasteiger partial charge on any atom is -0.385 e. The quantitative estimate of drug-likeness (QED) is 0.550. The van der Waals surface area contributed by atoms with E-state index in [0.717, 1.165) is 19.4 Å². The van der Waals surface area contributed by atoms with Gasteiger partial charge in [-0.1, -0.05) is 11.6 Å². The highest BCUT2D eigenvalue weighted by Crippen LogP contribution is 2.28. The zero-order valence-corrected chi connectivity index (χ0v) is 13.3. The Kier molecular flexibility index (Phi) is 6.20. The summed E-state index contributed by atoms with van der Waals surface area (Å²) >= 11 is 2.38. The van der Waals surface area contributed by atoms with Gasteiger partial charge in [-0.15, -0.1) is 0 Å². The summed E-state index contributed by atoms with van der Waals surface area (Å²) in [5.41, 5.74) is 5.64. The highest BCUT2D eigenvalue weighted by atomic mass is 127. The van der Waals surface area contributed by atoms with Gasteiger partial charge in [0.1, 0.15) is 0 Å². The summed E-state index contributed by atoms with van der Waals surface area (Å²) in [4.78, 5) is 0. The van der Waals surface area contributed by atoms with Crippen LogP contribution >= 0.6 is 22.6 Å². The highest BCUT2D eigenvalue weighted by Gasteiger charge is 2.07. The maximum atomic E-state index is 5.14. The maximum absolute atomic E-state index is 5.14. The molecule has 94 valence electrons. The molecule has 0 N–H and O–H groups in total. The molecule has 1 rings (SSSR count). The lowest BCUT2D eigenvalue weighted by Gasteiger charge is -2.13. The van der Waals surface area contributed by atoms with Crippen LogP contribution in [0.15, 0.2) is 23.8 Å². The number of rotatable bonds is 5. The van der Waals surface area contributed by atoms with E-state index in [9.17, 15) is 0 Å². The first-order valence-electron chi connectivity index (χ1n) is 5.98. The number of allylic oxidation sites excluding steroid dienone is 2. The van der Waals surface area contributed by atoms with Crippen LogP contribution in [0.25, 0.3) is 5.57 Å². The van der Waals surface area contributed by atoms with Crippen LogP contribution in [0.4, 0.5) is 0 Å². The predicted octanol–water partition coefficient (Wildman–Crippen LogP) is 4.82. The smallest absolute Gasteiger partial charge is 0.0465 e. The van der Waals surface area contributed by atoms with Crippen molar-refractivity contribution in [1.29, 1.82) is 0 Å². The Labute approximate surface area is 118 Å². The van der Waals surface area contributed by atoms with E-state index in [1.54, 1.807) is 7.11 Å². The van der Waals surface area contributed by atoms with Crippen molar-refractivity contribution in [3.8, 4) is 0 Å². The van der Waals surface area contributed by atoms with E-state index in [0.29, 0.717) is 0 Å². The van der Waals surface area contributed by atoms with Crippen LogP contribution < -0.4 is 0 Å². The van der Waals surface area contributed by atoms with Gasteiger partial charge in [0.25, 0.3) is 0 Å². The molecule has 0 bridgehead atoms. The third-order valence-corrected chi connectivity index (χ3v) is 3.57. The standard InChI is InChI=1S/C15H21IO/c1-11(2)14(6-5-9-17-4)15-10-13(16)8-7-12(15)3/h7-8,10H,5-6,9H2,1-4H3. The number of halogens is 1. The Morgan fingerprint density at radius 1 is 1.29 bits per heavy atom. The molecule has 0 aliphatic carbocycles. The minimum absolute atomic E-state index is 0.833. The molecule has 0 saturated carbocycles. The first kappa shape index (κ1) is 14.7. The predicted molar refractivity (Wildman–Crippen MR) is 83.3 cm³/mol. The van der Waals surface area contributed by atoms with E-state index in [4.69, 9.17) is 4.74 Å². The van der Waals surface area contributed by atoms with Crippen LogP contribution in [0.1, 0.15) is 37.8 Å². The second-order valence-corrected chi connectivity index (χ2v) is 5.78. The molecule has 0 aliphatic rings. The number of ether oxygens (including phenoxy) is 1. The molecular weight excluding hydrogens is 323 g/mol. The van der Waals surface area contributed by atoms with E-state index in [1.807, 2.05) is 0 Å². The molecule has 0 amide bonds. The number of methoxy groups -OCH3 is 1. The maximum Gasteiger partial charge on any atom is 0.0465 e. The van der Waals surface area contributed by atoms with Crippen LogP contribution in [0, 0.1) is 10.5 Å². The second kappa shape index (κ2) is 7.17. The van der Waals surface area contributed by atoms with Gasteiger partial charge in [0.2, 0.25) is 0 Å². The van der Waals surface area contributed by atoms with Gasteiger partial charge in [0.15, 0.2) is 0 Å². The fourth-order valence-electron chi connectivity index (χ4n) is 1.97. The van der Waals surface area contributed by atoms with E-state index in [2.05, 4.69) is 61.6 Å². The molecule has 0 spiro atoms. The average Bonchev–Trinajstić information content (AvgIpc) is 2.28. The Morgan fingerprint density at radius 2 is 2.00 bits per heavy atom. The van der Waals surface area contributed by atoms with E-state index < -0.39 is 0 Å². The fraction of sp³-hybridized carbons (Fsp3) is 0.467. The lowest BCUT2D eigenvalue weighted by Crippen LogP contribution is -1.96. The van der Waals surface area contributed by atoms with E-state index in [1.165, 1.54) is 25.8 Å². The fourth-order valence-corrected chi connectivity index (χ4v) is 2.46. The van der Waals surface area contributed by atoms with Gasteiger partial charge in [-0.05, 0) is 85.0 Å². The molecule has 0 aliphatic heterocycles. The van der Waals surface area contributed by atoms with Crippen LogP contribution in [0.5, 0.6) is 0 Å². The molecule has 1 nitrogen and oxygen atoms in total. The minimum atomic E-state index is 0.833. The summed E-state index contributed by atoms with van der Waals surface area (Å²) in [6, 6.07) is 6.65. The van der Waals surface area contributed by atoms with Crippen molar-refractivity contribution >= 4 is 28.2 Å². The zero-order valence-electron chi connectivity index (χ0n) is 11.1. The number of hydrogen-bond acceptors (Lipinski definition) is 1. The topological polar surface area (TPSA) is 9.23 Å². The van der Waals surface area contributed by atoms with Gasteiger partial charge in [-0.25, -0.2) is 0 Å². The summed E-state index contributed by atoms with van der Waals surface area (Å²) in [6.45, 7) is 7.41. The van der Waals surface area contributed by atoms with Gasteiger partial charge in [0.05, 0.1) is 0 Å². The molecule has 2 heteroatoms. The molecule has 1 aromatic rings. The summed E-state index contributed by atoms with van der Waals surface area (Å²) in [5, 5.41) is 0. The van der Waals surface area contributed by atoms with Crippen LogP contribution in [-0.4, -0.2) is 13.7 Å². The summed E-state index contributed by atoms with van der Waals surface area (Å²) in [7, 11) is 1.76. The molecule has 17 heavy (non-hydrogen) atoms. The number of aryl methyl sites for hydroxylation is 1. The van der Waals surface area contributed by atoms with Crippen molar-refractivity contribution in [2.75, 3.05) is 13.7 Å². The van der Waals surface area contributed by atoms with Crippen LogP contribution in [0.3, 0.4) is 0 Å². The summed E-state index contributed by atoms with van der Waals surface area (Å²) < 4.78 is 6.44. The van der Waals surface area contributed by atoms with Crippen molar-refractivity contribution in [2.24, 2.45) is 0 Å². The Hall–Kier alpha value is -0.350. The zero-order chi connectivity index (χ0) is 12.8. The first-order chi connectivity index (χ1) is 8.06. The van der Waals surface area contributed by atoms with Crippen LogP contribution in [-0.2, 0) is 4.74 Å². The lowest BCUT2D eigenvalue weighted by molar-refractivity contribution is 0.196. The second-order valence-electron chi connectivity index (χ2n) is 4.53. The lowest BCUT2D eigenvalue weighted by atomic mass is 9.94. The molecule has 0 radical (unpaired) electrons. The highest BCUT2D eigenvalue weighted by molar-refractivity contribution is 14.1. The third-order valence-electron chi connectivity index (χ3n) is 2.90. The van der Waals surface area contributed by atoms with Gasteiger partial charge in [-0.3, -0.25) is 0 Å².